The van der Waals surface area contributed by atoms with Gasteiger partial charge in [-0.2, -0.15) is 0 Å². The molecule has 1 aliphatic heterocycles. The minimum Gasteiger partial charge on any atom is -0.454 e. The minimum absolute atomic E-state index is 0.0986. The zero-order valence-corrected chi connectivity index (χ0v) is 19.3. The standard InChI is InChI=1S/C20H22Br2N2O5/c1-10-3-4-12(5-11(10)2)23-17(25)9-29-18(26)8-24-19(27)13-6-15(21)16(22)7-14(13)20(24)28/h3-5,13-16H,6-9H2,1-2H3,(H,23,25)/t13-,14-,15+,16+/m1/s1. The fourth-order valence-corrected chi connectivity index (χ4v) is 4.89. The van der Waals surface area contributed by atoms with E-state index in [1.807, 2.05) is 26.0 Å². The number of aryl methyl sites for hydroxylation is 2. The van der Waals surface area contributed by atoms with E-state index in [0.29, 0.717) is 18.5 Å². The summed E-state index contributed by atoms with van der Waals surface area (Å²) in [5.41, 5.74) is 2.74. The summed E-state index contributed by atoms with van der Waals surface area (Å²) < 4.78 is 4.97. The van der Waals surface area contributed by atoms with Gasteiger partial charge in [0, 0.05) is 15.3 Å². The van der Waals surface area contributed by atoms with Crippen LogP contribution in [0.4, 0.5) is 5.69 Å². The second-order valence-electron chi connectivity index (χ2n) is 7.49. The number of halogens is 2. The van der Waals surface area contributed by atoms with Crippen molar-refractivity contribution in [3.05, 3.63) is 29.3 Å². The van der Waals surface area contributed by atoms with Gasteiger partial charge >= 0.3 is 5.97 Å². The number of carbonyl (C=O) groups is 4. The number of benzene rings is 1. The summed E-state index contributed by atoms with van der Waals surface area (Å²) >= 11 is 7.04. The lowest BCUT2D eigenvalue weighted by molar-refractivity contribution is -0.154. The summed E-state index contributed by atoms with van der Waals surface area (Å²) in [4.78, 5) is 50.4. The van der Waals surface area contributed by atoms with Crippen molar-refractivity contribution in [2.45, 2.75) is 36.3 Å². The largest absolute Gasteiger partial charge is 0.454 e. The van der Waals surface area contributed by atoms with Crippen molar-refractivity contribution >= 4 is 61.2 Å². The minimum atomic E-state index is -0.786. The Hall–Kier alpha value is -1.74. The molecule has 1 aromatic carbocycles. The molecule has 29 heavy (non-hydrogen) atoms. The normalized spacial score (nSPS) is 26.3. The smallest absolute Gasteiger partial charge is 0.326 e. The summed E-state index contributed by atoms with van der Waals surface area (Å²) in [5, 5.41) is 2.65. The highest BCUT2D eigenvalue weighted by Gasteiger charge is 2.52. The van der Waals surface area contributed by atoms with E-state index in [9.17, 15) is 19.2 Å². The van der Waals surface area contributed by atoms with Crippen LogP contribution in [0.2, 0.25) is 0 Å². The maximum Gasteiger partial charge on any atom is 0.326 e. The Bertz CT molecular complexity index is 831. The van der Waals surface area contributed by atoms with Crippen molar-refractivity contribution in [1.82, 2.24) is 4.90 Å². The molecule has 0 radical (unpaired) electrons. The van der Waals surface area contributed by atoms with Crippen molar-refractivity contribution < 1.29 is 23.9 Å². The number of hydrogen-bond donors (Lipinski definition) is 1. The highest BCUT2D eigenvalue weighted by atomic mass is 79.9. The van der Waals surface area contributed by atoms with Gasteiger partial charge in [0.05, 0.1) is 11.8 Å². The first-order valence-electron chi connectivity index (χ1n) is 9.33. The number of rotatable bonds is 5. The Kier molecular flexibility index (Phi) is 6.78. The van der Waals surface area contributed by atoms with Gasteiger partial charge in [0.1, 0.15) is 6.54 Å². The van der Waals surface area contributed by atoms with Gasteiger partial charge in [-0.15, -0.1) is 0 Å². The number of nitrogens with one attached hydrogen (secondary N) is 1. The van der Waals surface area contributed by atoms with Gasteiger partial charge < -0.3 is 10.1 Å². The monoisotopic (exact) mass is 528 g/mol. The van der Waals surface area contributed by atoms with Crippen LogP contribution in [0.5, 0.6) is 0 Å². The predicted molar refractivity (Wildman–Crippen MR) is 114 cm³/mol. The second kappa shape index (κ2) is 8.95. The first-order valence-corrected chi connectivity index (χ1v) is 11.2. The fraction of sp³-hybridized carbons (Fsp3) is 0.500. The van der Waals surface area contributed by atoms with Crippen molar-refractivity contribution in [2.75, 3.05) is 18.5 Å². The first kappa shape index (κ1) is 22.0. The molecule has 4 atom stereocenters. The van der Waals surface area contributed by atoms with Crippen molar-refractivity contribution in [1.29, 1.82) is 0 Å². The molecule has 156 valence electrons. The number of carbonyl (C=O) groups excluding carboxylic acids is 4. The number of nitrogens with zero attached hydrogens (tertiary/aromatic N) is 1. The van der Waals surface area contributed by atoms with E-state index in [2.05, 4.69) is 37.2 Å². The van der Waals surface area contributed by atoms with Crippen LogP contribution >= 0.6 is 31.9 Å². The molecule has 9 heteroatoms. The molecule has 0 bridgehead atoms. The van der Waals surface area contributed by atoms with E-state index in [1.54, 1.807) is 6.07 Å². The zero-order valence-electron chi connectivity index (χ0n) is 16.1. The van der Waals surface area contributed by atoms with E-state index in [4.69, 9.17) is 4.74 Å². The molecule has 0 unspecified atom stereocenters. The highest BCUT2D eigenvalue weighted by Crippen LogP contribution is 2.43. The number of fused-ring (bicyclic) bond motifs is 1. The number of imide groups is 1. The van der Waals surface area contributed by atoms with Gasteiger partial charge in [-0.25, -0.2) is 0 Å². The summed E-state index contributed by atoms with van der Waals surface area (Å²) in [6, 6.07) is 5.47. The molecule has 0 aromatic heterocycles. The summed E-state index contributed by atoms with van der Waals surface area (Å²) in [7, 11) is 0. The lowest BCUT2D eigenvalue weighted by Gasteiger charge is -2.29. The van der Waals surface area contributed by atoms with E-state index in [0.717, 1.165) is 16.0 Å². The van der Waals surface area contributed by atoms with Crippen LogP contribution in [0.3, 0.4) is 0 Å². The van der Waals surface area contributed by atoms with E-state index in [1.165, 1.54) is 0 Å². The highest BCUT2D eigenvalue weighted by molar-refractivity contribution is 9.12. The Morgan fingerprint density at radius 1 is 1.07 bits per heavy atom. The summed E-state index contributed by atoms with van der Waals surface area (Å²) in [6.45, 7) is 2.95. The molecular weight excluding hydrogens is 508 g/mol. The van der Waals surface area contributed by atoms with Gasteiger partial charge in [-0.1, -0.05) is 37.9 Å². The van der Waals surface area contributed by atoms with Gasteiger partial charge in [0.15, 0.2) is 6.61 Å². The zero-order chi connectivity index (χ0) is 21.3. The average molecular weight is 530 g/mol. The SMILES string of the molecule is Cc1ccc(NC(=O)COC(=O)CN2C(=O)[C@@H]3C[C@H](Br)[C@@H](Br)C[C@H]3C2=O)cc1C. The third kappa shape index (κ3) is 4.88. The molecule has 0 spiro atoms. The van der Waals surface area contributed by atoms with Crippen molar-refractivity contribution in [2.24, 2.45) is 11.8 Å². The van der Waals surface area contributed by atoms with E-state index >= 15 is 0 Å². The number of esters is 1. The molecule has 2 aliphatic rings. The van der Waals surface area contributed by atoms with Crippen LogP contribution in [0.1, 0.15) is 24.0 Å². The fourth-order valence-electron chi connectivity index (χ4n) is 3.66. The van der Waals surface area contributed by atoms with Crippen LogP contribution in [0.25, 0.3) is 0 Å². The number of amides is 3. The van der Waals surface area contributed by atoms with Crippen molar-refractivity contribution in [3.63, 3.8) is 0 Å². The van der Waals surface area contributed by atoms with Crippen LogP contribution in [0, 0.1) is 25.7 Å². The van der Waals surface area contributed by atoms with Crippen molar-refractivity contribution in [3.8, 4) is 0 Å². The van der Waals surface area contributed by atoms with Crippen LogP contribution in [-0.4, -0.2) is 51.4 Å². The van der Waals surface area contributed by atoms with Gasteiger partial charge in [0.2, 0.25) is 11.8 Å². The molecule has 2 fully saturated rings. The van der Waals surface area contributed by atoms with Gasteiger partial charge in [0.25, 0.3) is 5.91 Å². The number of alkyl halides is 2. The summed E-state index contributed by atoms with van der Waals surface area (Å²) in [5.74, 6) is -2.80. The summed E-state index contributed by atoms with van der Waals surface area (Å²) in [6.07, 6.45) is 1.07. The second-order valence-corrected chi connectivity index (χ2v) is 9.84. The molecule has 3 rings (SSSR count). The molecule has 3 amide bonds. The lowest BCUT2D eigenvalue weighted by atomic mass is 9.81. The number of hydrogen-bond acceptors (Lipinski definition) is 5. The van der Waals surface area contributed by atoms with Gasteiger partial charge in [-0.05, 0) is 49.9 Å². The van der Waals surface area contributed by atoms with E-state index < -0.39 is 36.9 Å². The number of anilines is 1. The number of ether oxygens (including phenoxy) is 1. The predicted octanol–water partition coefficient (Wildman–Crippen LogP) is 2.71. The molecule has 1 heterocycles. The maximum atomic E-state index is 12.6. The van der Waals surface area contributed by atoms with Crippen LogP contribution in [-0.2, 0) is 23.9 Å². The third-order valence-corrected chi connectivity index (χ3v) is 8.18. The maximum absolute atomic E-state index is 12.6. The Balaban J connectivity index is 1.51. The van der Waals surface area contributed by atoms with Gasteiger partial charge in [-0.3, -0.25) is 24.1 Å². The Morgan fingerprint density at radius 3 is 2.21 bits per heavy atom. The Labute approximate surface area is 185 Å². The number of likely N-dealkylation sites (tertiary alicyclic amines) is 1. The molecule has 1 aliphatic carbocycles. The molecule has 1 saturated heterocycles. The topological polar surface area (TPSA) is 92.8 Å². The molecule has 7 nitrogen and oxygen atoms in total. The van der Waals surface area contributed by atoms with Crippen LogP contribution in [0.15, 0.2) is 18.2 Å². The van der Waals surface area contributed by atoms with E-state index in [-0.39, 0.29) is 21.5 Å². The quantitative estimate of drug-likeness (QED) is 0.359. The first-order chi connectivity index (χ1) is 13.7. The average Bonchev–Trinajstić information content (AvgIpc) is 2.88. The molecule has 1 N–H and O–H groups in total. The molecule has 1 saturated carbocycles. The lowest BCUT2D eigenvalue weighted by Crippen LogP contribution is -2.37. The van der Waals surface area contributed by atoms with Crippen LogP contribution < -0.4 is 5.32 Å². The third-order valence-electron chi connectivity index (χ3n) is 5.44. The molecular formula is C20H22Br2N2O5. The Morgan fingerprint density at radius 2 is 1.66 bits per heavy atom. The molecule has 1 aromatic rings.